The van der Waals surface area contributed by atoms with Crippen LogP contribution in [0.25, 0.3) is 5.69 Å². The highest BCUT2D eigenvalue weighted by atomic mass is 15.4. The lowest BCUT2D eigenvalue weighted by Gasteiger charge is -2.13. The Morgan fingerprint density at radius 1 is 1.21 bits per heavy atom. The second-order valence-electron chi connectivity index (χ2n) is 4.77. The van der Waals surface area contributed by atoms with Gasteiger partial charge in [-0.25, -0.2) is 4.68 Å². The smallest absolute Gasteiger partial charge is 0.103 e. The zero-order valence-electron chi connectivity index (χ0n) is 12.1. The normalized spacial score (nSPS) is 12.6. The minimum absolute atomic E-state index is 0.272. The standard InChI is InChI=1S/C15H22N4/c1-5-13(16-4)15-14(6-2)19(18-17-15)12-9-7-11(3)8-10-12/h7-10,13,16H,5-6H2,1-4H3. The lowest BCUT2D eigenvalue weighted by atomic mass is 10.1. The van der Waals surface area contributed by atoms with Crippen molar-refractivity contribution in [1.82, 2.24) is 20.3 Å². The van der Waals surface area contributed by atoms with E-state index in [1.165, 1.54) is 11.3 Å². The van der Waals surface area contributed by atoms with Crippen LogP contribution in [0.5, 0.6) is 0 Å². The summed E-state index contributed by atoms with van der Waals surface area (Å²) < 4.78 is 1.95. The third-order valence-corrected chi connectivity index (χ3v) is 3.49. The maximum Gasteiger partial charge on any atom is 0.103 e. The average molecular weight is 258 g/mol. The lowest BCUT2D eigenvalue weighted by molar-refractivity contribution is 0.555. The fourth-order valence-electron chi connectivity index (χ4n) is 2.34. The third kappa shape index (κ3) is 2.68. The Balaban J connectivity index is 2.44. The van der Waals surface area contributed by atoms with E-state index < -0.39 is 0 Å². The van der Waals surface area contributed by atoms with Crippen LogP contribution in [0.15, 0.2) is 24.3 Å². The molecule has 1 N–H and O–H groups in total. The van der Waals surface area contributed by atoms with Gasteiger partial charge in [-0.2, -0.15) is 0 Å². The van der Waals surface area contributed by atoms with Gasteiger partial charge in [-0.1, -0.05) is 36.8 Å². The first-order valence-electron chi connectivity index (χ1n) is 6.90. The molecule has 0 saturated heterocycles. The van der Waals surface area contributed by atoms with Gasteiger partial charge in [0.1, 0.15) is 5.69 Å². The molecule has 0 saturated carbocycles. The number of hydrogen-bond acceptors (Lipinski definition) is 3. The average Bonchev–Trinajstić information content (AvgIpc) is 2.85. The Morgan fingerprint density at radius 2 is 1.89 bits per heavy atom. The summed E-state index contributed by atoms with van der Waals surface area (Å²) in [6.07, 6.45) is 1.94. The Hall–Kier alpha value is -1.68. The lowest BCUT2D eigenvalue weighted by Crippen LogP contribution is -2.17. The van der Waals surface area contributed by atoms with Crippen LogP contribution in [-0.2, 0) is 6.42 Å². The van der Waals surface area contributed by atoms with Crippen molar-refractivity contribution >= 4 is 0 Å². The number of aromatic nitrogens is 3. The molecule has 4 heteroatoms. The summed E-state index contributed by atoms with van der Waals surface area (Å²) >= 11 is 0. The molecular formula is C15H22N4. The maximum absolute atomic E-state index is 4.38. The van der Waals surface area contributed by atoms with E-state index in [0.717, 1.165) is 24.2 Å². The largest absolute Gasteiger partial charge is 0.312 e. The first-order chi connectivity index (χ1) is 9.21. The maximum atomic E-state index is 4.38. The number of benzene rings is 1. The molecule has 0 fully saturated rings. The van der Waals surface area contributed by atoms with Crippen LogP contribution in [0.2, 0.25) is 0 Å². The molecule has 0 aliphatic carbocycles. The van der Waals surface area contributed by atoms with Crippen molar-refractivity contribution in [2.75, 3.05) is 7.05 Å². The van der Waals surface area contributed by atoms with Crippen LogP contribution >= 0.6 is 0 Å². The summed E-state index contributed by atoms with van der Waals surface area (Å²) in [6, 6.07) is 8.66. The van der Waals surface area contributed by atoms with Gasteiger partial charge >= 0.3 is 0 Å². The van der Waals surface area contributed by atoms with Crippen molar-refractivity contribution in [3.8, 4) is 5.69 Å². The van der Waals surface area contributed by atoms with E-state index >= 15 is 0 Å². The van der Waals surface area contributed by atoms with Gasteiger partial charge in [-0.05, 0) is 38.9 Å². The zero-order valence-corrected chi connectivity index (χ0v) is 12.1. The molecule has 1 unspecified atom stereocenters. The van der Waals surface area contributed by atoms with Crippen LogP contribution in [0.1, 0.15) is 43.3 Å². The molecule has 0 aliphatic rings. The molecule has 1 aromatic heterocycles. The molecule has 0 spiro atoms. The van der Waals surface area contributed by atoms with Crippen molar-refractivity contribution < 1.29 is 0 Å². The van der Waals surface area contributed by atoms with E-state index in [1.54, 1.807) is 0 Å². The van der Waals surface area contributed by atoms with E-state index in [1.807, 2.05) is 11.7 Å². The zero-order chi connectivity index (χ0) is 13.8. The van der Waals surface area contributed by atoms with E-state index in [4.69, 9.17) is 0 Å². The topological polar surface area (TPSA) is 42.7 Å². The van der Waals surface area contributed by atoms with Crippen LogP contribution in [-0.4, -0.2) is 22.0 Å². The van der Waals surface area contributed by atoms with E-state index in [-0.39, 0.29) is 6.04 Å². The third-order valence-electron chi connectivity index (χ3n) is 3.49. The SMILES string of the molecule is CCc1c(C(CC)NC)nnn1-c1ccc(C)cc1. The van der Waals surface area contributed by atoms with E-state index in [0.29, 0.717) is 0 Å². The van der Waals surface area contributed by atoms with E-state index in [9.17, 15) is 0 Å². The highest BCUT2D eigenvalue weighted by molar-refractivity contribution is 5.36. The fraction of sp³-hybridized carbons (Fsp3) is 0.467. The predicted octanol–water partition coefficient (Wildman–Crippen LogP) is 2.81. The predicted molar refractivity (Wildman–Crippen MR) is 77.6 cm³/mol. The molecule has 19 heavy (non-hydrogen) atoms. The monoisotopic (exact) mass is 258 g/mol. The molecule has 2 aromatic rings. The second kappa shape index (κ2) is 5.97. The van der Waals surface area contributed by atoms with Gasteiger partial charge < -0.3 is 5.32 Å². The highest BCUT2D eigenvalue weighted by Gasteiger charge is 2.18. The van der Waals surface area contributed by atoms with Gasteiger partial charge in [0.05, 0.1) is 17.4 Å². The Morgan fingerprint density at radius 3 is 2.42 bits per heavy atom. The minimum Gasteiger partial charge on any atom is -0.312 e. The van der Waals surface area contributed by atoms with Gasteiger partial charge in [0, 0.05) is 0 Å². The van der Waals surface area contributed by atoms with Gasteiger partial charge in [-0.3, -0.25) is 0 Å². The number of hydrogen-bond donors (Lipinski definition) is 1. The molecule has 4 nitrogen and oxygen atoms in total. The number of aryl methyl sites for hydroxylation is 1. The van der Waals surface area contributed by atoms with Gasteiger partial charge in [-0.15, -0.1) is 5.10 Å². The quantitative estimate of drug-likeness (QED) is 0.896. The van der Waals surface area contributed by atoms with Crippen molar-refractivity contribution in [2.45, 2.75) is 39.7 Å². The first kappa shape index (κ1) is 13.7. The van der Waals surface area contributed by atoms with Gasteiger partial charge in [0.15, 0.2) is 0 Å². The summed E-state index contributed by atoms with van der Waals surface area (Å²) in [5, 5.41) is 12.0. The summed E-state index contributed by atoms with van der Waals surface area (Å²) in [6.45, 7) is 6.40. The molecule has 102 valence electrons. The summed E-state index contributed by atoms with van der Waals surface area (Å²) in [5.74, 6) is 0. The van der Waals surface area contributed by atoms with E-state index in [2.05, 4.69) is 60.7 Å². The summed E-state index contributed by atoms with van der Waals surface area (Å²) in [4.78, 5) is 0. The van der Waals surface area contributed by atoms with Crippen molar-refractivity contribution in [3.05, 3.63) is 41.2 Å². The van der Waals surface area contributed by atoms with Gasteiger partial charge in [0.25, 0.3) is 0 Å². The Kier molecular flexibility index (Phi) is 4.32. The Bertz CT molecular complexity index is 524. The molecule has 2 rings (SSSR count). The molecule has 1 heterocycles. The van der Waals surface area contributed by atoms with Crippen LogP contribution in [0, 0.1) is 6.92 Å². The molecule has 0 aliphatic heterocycles. The second-order valence-corrected chi connectivity index (χ2v) is 4.77. The molecule has 1 atom stereocenters. The van der Waals surface area contributed by atoms with Crippen LogP contribution in [0.4, 0.5) is 0 Å². The molecule has 1 aromatic carbocycles. The molecule has 0 amide bonds. The fourth-order valence-corrected chi connectivity index (χ4v) is 2.34. The highest BCUT2D eigenvalue weighted by Crippen LogP contribution is 2.21. The minimum atomic E-state index is 0.272. The van der Waals surface area contributed by atoms with Crippen molar-refractivity contribution in [1.29, 1.82) is 0 Å². The van der Waals surface area contributed by atoms with Crippen molar-refractivity contribution in [3.63, 3.8) is 0 Å². The first-order valence-corrected chi connectivity index (χ1v) is 6.90. The van der Waals surface area contributed by atoms with Crippen LogP contribution < -0.4 is 5.32 Å². The molecular weight excluding hydrogens is 236 g/mol. The van der Waals surface area contributed by atoms with Crippen molar-refractivity contribution in [2.24, 2.45) is 0 Å². The molecule has 0 radical (unpaired) electrons. The van der Waals surface area contributed by atoms with Gasteiger partial charge in [0.2, 0.25) is 0 Å². The molecule has 0 bridgehead atoms. The summed E-state index contributed by atoms with van der Waals surface area (Å²) in [7, 11) is 1.97. The summed E-state index contributed by atoms with van der Waals surface area (Å²) in [5.41, 5.74) is 4.58. The Labute approximate surface area is 114 Å². The number of nitrogens with one attached hydrogen (secondary N) is 1. The number of rotatable bonds is 5. The number of nitrogens with zero attached hydrogens (tertiary/aromatic N) is 3. The van der Waals surface area contributed by atoms with Crippen LogP contribution in [0.3, 0.4) is 0 Å².